The largest absolute Gasteiger partial charge is 0.313 e. The van der Waals surface area contributed by atoms with Crippen molar-refractivity contribution in [2.45, 2.75) is 26.3 Å². The third-order valence-corrected chi connectivity index (χ3v) is 5.19. The number of aryl methyl sites for hydroxylation is 2. The maximum absolute atomic E-state index is 13.6. The molecule has 0 aliphatic rings. The Bertz CT molecular complexity index is 634. The minimum absolute atomic E-state index is 0.135. The fourth-order valence-corrected chi connectivity index (χ4v) is 2.82. The fourth-order valence-electron chi connectivity index (χ4n) is 2.47. The van der Waals surface area contributed by atoms with Crippen molar-refractivity contribution in [3.05, 3.63) is 67.9 Å². The zero-order valence-corrected chi connectivity index (χ0v) is 14.6. The lowest BCUT2D eigenvalue weighted by molar-refractivity contribution is 0.583. The summed E-state index contributed by atoms with van der Waals surface area (Å²) < 4.78 is 14.7. The number of rotatable bonds is 4. The van der Waals surface area contributed by atoms with Crippen LogP contribution in [0.1, 0.15) is 28.3 Å². The molecule has 0 spiro atoms. The molecule has 0 bridgehead atoms. The normalized spacial score (nSPS) is 12.5. The Labute approximate surface area is 138 Å². The molecule has 0 fully saturated rings. The van der Waals surface area contributed by atoms with Gasteiger partial charge in [-0.1, -0.05) is 45.7 Å². The molecule has 0 radical (unpaired) electrons. The van der Waals surface area contributed by atoms with Gasteiger partial charge in [0.1, 0.15) is 5.82 Å². The Hall–Kier alpha value is -0.900. The van der Waals surface area contributed by atoms with Gasteiger partial charge in [0.2, 0.25) is 0 Å². The molecule has 2 aromatic carbocycles. The zero-order valence-electron chi connectivity index (χ0n) is 12.3. The lowest BCUT2D eigenvalue weighted by atomic mass is 9.96. The van der Waals surface area contributed by atoms with Gasteiger partial charge in [0.15, 0.2) is 0 Å². The Balaban J connectivity index is 2.29. The van der Waals surface area contributed by atoms with Crippen molar-refractivity contribution in [3.63, 3.8) is 0 Å². The van der Waals surface area contributed by atoms with E-state index >= 15 is 0 Å². The Morgan fingerprint density at radius 3 is 2.33 bits per heavy atom. The van der Waals surface area contributed by atoms with E-state index in [2.05, 4.69) is 47.2 Å². The molecular weight excluding hydrogens is 353 g/mol. The minimum atomic E-state index is -0.368. The van der Waals surface area contributed by atoms with Crippen LogP contribution >= 0.6 is 27.5 Å². The average Bonchev–Trinajstić information content (AvgIpc) is 2.45. The van der Waals surface area contributed by atoms with Crippen LogP contribution in [0.25, 0.3) is 0 Å². The monoisotopic (exact) mass is 369 g/mol. The third-order valence-electron chi connectivity index (χ3n) is 3.63. The summed E-state index contributed by atoms with van der Waals surface area (Å²) in [5, 5.41) is 3.47. The van der Waals surface area contributed by atoms with Crippen LogP contribution in [0, 0.1) is 19.7 Å². The smallest absolute Gasteiger partial charge is 0.142 e. The van der Waals surface area contributed by atoms with Gasteiger partial charge < -0.3 is 5.32 Å². The van der Waals surface area contributed by atoms with E-state index < -0.39 is 0 Å². The highest BCUT2D eigenvalue weighted by molar-refractivity contribution is 9.10. The number of benzene rings is 2. The number of halogens is 3. The predicted octanol–water partition coefficient (Wildman–Crippen LogP) is 5.36. The molecule has 0 aliphatic heterocycles. The Morgan fingerprint density at radius 1 is 1.19 bits per heavy atom. The first-order valence-electron chi connectivity index (χ1n) is 6.80. The van der Waals surface area contributed by atoms with E-state index in [1.807, 2.05) is 13.1 Å². The first-order valence-corrected chi connectivity index (χ1v) is 7.97. The third kappa shape index (κ3) is 3.85. The first kappa shape index (κ1) is 16.5. The molecule has 112 valence electrons. The van der Waals surface area contributed by atoms with Crippen molar-refractivity contribution in [2.24, 2.45) is 0 Å². The average molecular weight is 371 g/mol. The predicted molar refractivity (Wildman–Crippen MR) is 90.5 cm³/mol. The van der Waals surface area contributed by atoms with E-state index in [0.717, 1.165) is 10.0 Å². The van der Waals surface area contributed by atoms with Crippen molar-refractivity contribution in [3.8, 4) is 0 Å². The number of likely N-dealkylation sites (N-methyl/N-ethyl adjacent to an activating group) is 1. The maximum atomic E-state index is 13.6. The maximum Gasteiger partial charge on any atom is 0.142 e. The van der Waals surface area contributed by atoms with Gasteiger partial charge in [-0.15, -0.1) is 0 Å². The van der Waals surface area contributed by atoms with Crippen LogP contribution in [0.2, 0.25) is 5.02 Å². The van der Waals surface area contributed by atoms with Gasteiger partial charge in [0.25, 0.3) is 0 Å². The van der Waals surface area contributed by atoms with E-state index in [-0.39, 0.29) is 16.9 Å². The van der Waals surface area contributed by atoms with Crippen LogP contribution in [0.4, 0.5) is 4.39 Å². The molecule has 0 saturated carbocycles. The van der Waals surface area contributed by atoms with Crippen LogP contribution in [-0.2, 0) is 6.42 Å². The minimum Gasteiger partial charge on any atom is -0.313 e. The molecule has 0 aromatic heterocycles. The van der Waals surface area contributed by atoms with Gasteiger partial charge in [0.05, 0.1) is 5.02 Å². The van der Waals surface area contributed by atoms with Gasteiger partial charge in [0, 0.05) is 10.5 Å². The van der Waals surface area contributed by atoms with Crippen LogP contribution in [0.3, 0.4) is 0 Å². The highest BCUT2D eigenvalue weighted by atomic mass is 79.9. The fraction of sp³-hybridized carbons (Fsp3) is 0.294. The summed E-state index contributed by atoms with van der Waals surface area (Å²) in [6, 6.07) is 9.43. The zero-order chi connectivity index (χ0) is 15.6. The molecule has 1 N–H and O–H groups in total. The van der Waals surface area contributed by atoms with E-state index in [1.165, 1.54) is 22.8 Å². The molecule has 0 heterocycles. The summed E-state index contributed by atoms with van der Waals surface area (Å²) in [4.78, 5) is 0. The van der Waals surface area contributed by atoms with Gasteiger partial charge >= 0.3 is 0 Å². The lowest BCUT2D eigenvalue weighted by Crippen LogP contribution is -2.19. The van der Waals surface area contributed by atoms with E-state index in [4.69, 9.17) is 11.6 Å². The molecule has 0 amide bonds. The van der Waals surface area contributed by atoms with Gasteiger partial charge in [-0.05, 0) is 61.7 Å². The Kier molecular flexibility index (Phi) is 5.42. The lowest BCUT2D eigenvalue weighted by Gasteiger charge is -2.19. The van der Waals surface area contributed by atoms with Crippen molar-refractivity contribution in [1.82, 2.24) is 5.32 Å². The molecule has 0 aliphatic carbocycles. The molecule has 1 atom stereocenters. The highest BCUT2D eigenvalue weighted by Gasteiger charge is 2.13. The summed E-state index contributed by atoms with van der Waals surface area (Å²) in [5.74, 6) is -0.368. The molecular formula is C17H18BrClFN. The molecule has 1 unspecified atom stereocenters. The molecule has 1 nitrogen and oxygen atoms in total. The van der Waals surface area contributed by atoms with Crippen LogP contribution in [0.15, 0.2) is 34.8 Å². The second kappa shape index (κ2) is 6.91. The summed E-state index contributed by atoms with van der Waals surface area (Å²) in [5.41, 5.74) is 4.53. The van der Waals surface area contributed by atoms with Gasteiger partial charge in [-0.2, -0.15) is 0 Å². The second-order valence-corrected chi connectivity index (χ2v) is 6.46. The van der Waals surface area contributed by atoms with E-state index in [0.29, 0.717) is 6.42 Å². The highest BCUT2D eigenvalue weighted by Crippen LogP contribution is 2.27. The van der Waals surface area contributed by atoms with Gasteiger partial charge in [-0.25, -0.2) is 4.39 Å². The summed E-state index contributed by atoms with van der Waals surface area (Å²) in [6.45, 7) is 4.16. The molecule has 0 saturated heterocycles. The topological polar surface area (TPSA) is 12.0 Å². The second-order valence-electron chi connectivity index (χ2n) is 5.26. The summed E-state index contributed by atoms with van der Waals surface area (Å²) in [7, 11) is 1.92. The molecule has 4 heteroatoms. The van der Waals surface area contributed by atoms with Gasteiger partial charge in [-0.3, -0.25) is 0 Å². The number of hydrogen-bond donors (Lipinski definition) is 1. The summed E-state index contributed by atoms with van der Waals surface area (Å²) >= 11 is 9.32. The number of nitrogens with one attached hydrogen (secondary N) is 1. The SMILES string of the molecule is CNC(Cc1ccc(Cl)c(F)c1)c1cc(C)c(Br)c(C)c1. The van der Waals surface area contributed by atoms with Crippen LogP contribution < -0.4 is 5.32 Å². The van der Waals surface area contributed by atoms with Crippen molar-refractivity contribution in [2.75, 3.05) is 7.05 Å². The molecule has 2 rings (SSSR count). The standard InChI is InChI=1S/C17H18BrClFN/c1-10-6-13(7-11(2)17(10)18)16(21-3)9-12-4-5-14(19)15(20)8-12/h4-8,16,21H,9H2,1-3H3. The molecule has 21 heavy (non-hydrogen) atoms. The summed E-state index contributed by atoms with van der Waals surface area (Å²) in [6.07, 6.45) is 0.713. The van der Waals surface area contributed by atoms with Crippen LogP contribution in [0.5, 0.6) is 0 Å². The van der Waals surface area contributed by atoms with Crippen molar-refractivity contribution < 1.29 is 4.39 Å². The van der Waals surface area contributed by atoms with E-state index in [1.54, 1.807) is 6.07 Å². The quantitative estimate of drug-likeness (QED) is 0.764. The van der Waals surface area contributed by atoms with Crippen LogP contribution in [-0.4, -0.2) is 7.05 Å². The van der Waals surface area contributed by atoms with Crippen molar-refractivity contribution >= 4 is 27.5 Å². The van der Waals surface area contributed by atoms with E-state index in [9.17, 15) is 4.39 Å². The van der Waals surface area contributed by atoms with Crippen molar-refractivity contribution in [1.29, 1.82) is 0 Å². The Morgan fingerprint density at radius 2 is 1.81 bits per heavy atom. The first-order chi connectivity index (χ1) is 9.92. The molecule has 2 aromatic rings. The number of hydrogen-bond acceptors (Lipinski definition) is 1.